The number of carboxylic acid groups (broad SMARTS) is 1. The van der Waals surface area contributed by atoms with Crippen LogP contribution < -0.4 is 0 Å². The summed E-state index contributed by atoms with van der Waals surface area (Å²) in [5.41, 5.74) is -0.935. The summed E-state index contributed by atoms with van der Waals surface area (Å²) in [6.07, 6.45) is 3.54. The molecule has 1 unspecified atom stereocenters. The number of rotatable bonds is 6. The first-order chi connectivity index (χ1) is 5.56. The monoisotopic (exact) mass is 174 g/mol. The third kappa shape index (κ3) is 3.22. The molecular formula is C9H18O3. The Morgan fingerprint density at radius 2 is 2.00 bits per heavy atom. The van der Waals surface area contributed by atoms with E-state index < -0.39 is 11.4 Å². The first-order valence-electron chi connectivity index (χ1n) is 4.41. The molecule has 0 aromatic heterocycles. The van der Waals surface area contributed by atoms with Crippen LogP contribution in [-0.2, 0) is 4.79 Å². The number of unbranched alkanes of at least 4 members (excludes halogenated alkanes) is 2. The van der Waals surface area contributed by atoms with E-state index in [1.807, 2.05) is 0 Å². The molecule has 0 heterocycles. The molecule has 0 amide bonds. The number of carboxylic acids is 1. The van der Waals surface area contributed by atoms with Crippen LogP contribution in [0.1, 0.15) is 39.5 Å². The van der Waals surface area contributed by atoms with Crippen molar-refractivity contribution in [2.24, 2.45) is 5.41 Å². The summed E-state index contributed by atoms with van der Waals surface area (Å²) in [5.74, 6) is -0.902. The van der Waals surface area contributed by atoms with Crippen LogP contribution in [0.25, 0.3) is 0 Å². The lowest BCUT2D eigenvalue weighted by molar-refractivity contribution is -0.150. The van der Waals surface area contributed by atoms with Crippen LogP contribution in [0.15, 0.2) is 0 Å². The maximum absolute atomic E-state index is 10.7. The molecule has 0 radical (unpaired) electrons. The van der Waals surface area contributed by atoms with Gasteiger partial charge in [-0.2, -0.15) is 0 Å². The lowest BCUT2D eigenvalue weighted by atomic mass is 9.86. The van der Waals surface area contributed by atoms with Crippen LogP contribution in [0.4, 0.5) is 0 Å². The van der Waals surface area contributed by atoms with Gasteiger partial charge in [-0.15, -0.1) is 0 Å². The Balaban J connectivity index is 3.88. The van der Waals surface area contributed by atoms with E-state index in [-0.39, 0.29) is 6.61 Å². The van der Waals surface area contributed by atoms with Crippen molar-refractivity contribution < 1.29 is 15.0 Å². The molecular weight excluding hydrogens is 156 g/mol. The Labute approximate surface area is 73.4 Å². The summed E-state index contributed by atoms with van der Waals surface area (Å²) in [6, 6.07) is 0. The molecule has 0 aliphatic heterocycles. The predicted octanol–water partition coefficient (Wildman–Crippen LogP) is 1.65. The van der Waals surface area contributed by atoms with Gasteiger partial charge in [-0.1, -0.05) is 26.2 Å². The summed E-state index contributed by atoms with van der Waals surface area (Å²) in [6.45, 7) is 3.38. The first-order valence-corrected chi connectivity index (χ1v) is 4.41. The van der Waals surface area contributed by atoms with Gasteiger partial charge in [-0.25, -0.2) is 0 Å². The number of hydrogen-bond donors (Lipinski definition) is 2. The summed E-state index contributed by atoms with van der Waals surface area (Å²) >= 11 is 0. The quantitative estimate of drug-likeness (QED) is 0.602. The molecule has 0 aromatic rings. The minimum absolute atomic E-state index is 0.272. The molecule has 0 bridgehead atoms. The second-order valence-electron chi connectivity index (χ2n) is 3.48. The van der Waals surface area contributed by atoms with Crippen LogP contribution >= 0.6 is 0 Å². The fourth-order valence-electron chi connectivity index (χ4n) is 1.02. The van der Waals surface area contributed by atoms with E-state index in [1.165, 1.54) is 0 Å². The molecule has 0 aliphatic rings. The van der Waals surface area contributed by atoms with Crippen LogP contribution in [0.5, 0.6) is 0 Å². The highest BCUT2D eigenvalue weighted by Crippen LogP contribution is 2.23. The highest BCUT2D eigenvalue weighted by atomic mass is 16.4. The summed E-state index contributed by atoms with van der Waals surface area (Å²) < 4.78 is 0. The maximum Gasteiger partial charge on any atom is 0.311 e. The topological polar surface area (TPSA) is 57.5 Å². The van der Waals surface area contributed by atoms with Gasteiger partial charge >= 0.3 is 5.97 Å². The Kier molecular flexibility index (Phi) is 4.90. The summed E-state index contributed by atoms with van der Waals surface area (Å²) in [5, 5.41) is 17.6. The van der Waals surface area contributed by atoms with Crippen LogP contribution in [0, 0.1) is 5.41 Å². The van der Waals surface area contributed by atoms with Gasteiger partial charge in [0.2, 0.25) is 0 Å². The molecule has 0 aromatic carbocycles. The molecule has 72 valence electrons. The summed E-state index contributed by atoms with van der Waals surface area (Å²) in [7, 11) is 0. The third-order valence-electron chi connectivity index (χ3n) is 2.20. The molecule has 0 saturated heterocycles. The number of aliphatic hydroxyl groups excluding tert-OH is 1. The van der Waals surface area contributed by atoms with Gasteiger partial charge in [0, 0.05) is 0 Å². The largest absolute Gasteiger partial charge is 0.481 e. The lowest BCUT2D eigenvalue weighted by Crippen LogP contribution is -2.31. The molecule has 3 heteroatoms. The van der Waals surface area contributed by atoms with Gasteiger partial charge < -0.3 is 10.2 Å². The minimum Gasteiger partial charge on any atom is -0.481 e. The van der Waals surface area contributed by atoms with E-state index in [2.05, 4.69) is 6.92 Å². The third-order valence-corrected chi connectivity index (χ3v) is 2.20. The second-order valence-corrected chi connectivity index (χ2v) is 3.48. The van der Waals surface area contributed by atoms with Crippen molar-refractivity contribution in [3.63, 3.8) is 0 Å². The number of hydrogen-bond acceptors (Lipinski definition) is 2. The highest BCUT2D eigenvalue weighted by Gasteiger charge is 2.31. The standard InChI is InChI=1S/C9H18O3/c1-3-4-5-6-9(2,7-10)8(11)12/h10H,3-7H2,1-2H3,(H,11,12). The fraction of sp³-hybridized carbons (Fsp3) is 0.889. The van der Waals surface area contributed by atoms with Crippen molar-refractivity contribution in [1.29, 1.82) is 0 Å². The molecule has 1 atom stereocenters. The Morgan fingerprint density at radius 1 is 1.42 bits per heavy atom. The molecule has 0 saturated carbocycles. The second kappa shape index (κ2) is 5.14. The zero-order valence-electron chi connectivity index (χ0n) is 7.84. The zero-order chi connectivity index (χ0) is 9.61. The van der Waals surface area contributed by atoms with Crippen LogP contribution in [0.3, 0.4) is 0 Å². The van der Waals surface area contributed by atoms with E-state index >= 15 is 0 Å². The van der Waals surface area contributed by atoms with E-state index in [0.29, 0.717) is 6.42 Å². The van der Waals surface area contributed by atoms with Gasteiger partial charge in [-0.3, -0.25) is 4.79 Å². The van der Waals surface area contributed by atoms with Gasteiger partial charge in [0.1, 0.15) is 0 Å². The van der Waals surface area contributed by atoms with E-state index in [1.54, 1.807) is 6.92 Å². The smallest absolute Gasteiger partial charge is 0.311 e. The normalized spacial score (nSPS) is 15.6. The maximum atomic E-state index is 10.7. The van der Waals surface area contributed by atoms with Crippen molar-refractivity contribution in [2.45, 2.75) is 39.5 Å². The van der Waals surface area contributed by atoms with Gasteiger partial charge in [-0.05, 0) is 13.3 Å². The SMILES string of the molecule is CCCCCC(C)(CO)C(=O)O. The van der Waals surface area contributed by atoms with Crippen molar-refractivity contribution in [3.8, 4) is 0 Å². The van der Waals surface area contributed by atoms with Crippen molar-refractivity contribution in [3.05, 3.63) is 0 Å². The molecule has 0 spiro atoms. The summed E-state index contributed by atoms with van der Waals surface area (Å²) in [4.78, 5) is 10.7. The predicted molar refractivity (Wildman–Crippen MR) is 47.0 cm³/mol. The average molecular weight is 174 g/mol. The van der Waals surface area contributed by atoms with E-state index in [9.17, 15) is 4.79 Å². The Morgan fingerprint density at radius 3 is 2.33 bits per heavy atom. The average Bonchev–Trinajstić information content (AvgIpc) is 2.04. The molecule has 12 heavy (non-hydrogen) atoms. The van der Waals surface area contributed by atoms with Crippen molar-refractivity contribution >= 4 is 5.97 Å². The van der Waals surface area contributed by atoms with Gasteiger partial charge in [0.15, 0.2) is 0 Å². The van der Waals surface area contributed by atoms with E-state index in [0.717, 1.165) is 19.3 Å². The van der Waals surface area contributed by atoms with Crippen LogP contribution in [0.2, 0.25) is 0 Å². The Hall–Kier alpha value is -0.570. The lowest BCUT2D eigenvalue weighted by Gasteiger charge is -2.21. The minimum atomic E-state index is -0.935. The molecule has 3 nitrogen and oxygen atoms in total. The van der Waals surface area contributed by atoms with Crippen LogP contribution in [-0.4, -0.2) is 22.8 Å². The molecule has 2 N–H and O–H groups in total. The number of aliphatic carboxylic acids is 1. The number of aliphatic hydroxyl groups is 1. The fourth-order valence-corrected chi connectivity index (χ4v) is 1.02. The van der Waals surface area contributed by atoms with Crippen molar-refractivity contribution in [1.82, 2.24) is 0 Å². The van der Waals surface area contributed by atoms with Gasteiger partial charge in [0.05, 0.1) is 12.0 Å². The Bertz CT molecular complexity index is 145. The highest BCUT2D eigenvalue weighted by molar-refractivity contribution is 5.74. The first kappa shape index (κ1) is 11.4. The van der Waals surface area contributed by atoms with Crippen molar-refractivity contribution in [2.75, 3.05) is 6.61 Å². The van der Waals surface area contributed by atoms with E-state index in [4.69, 9.17) is 10.2 Å². The van der Waals surface area contributed by atoms with Gasteiger partial charge in [0.25, 0.3) is 0 Å². The number of carbonyl (C=O) groups is 1. The zero-order valence-corrected chi connectivity index (χ0v) is 7.84. The molecule has 0 aliphatic carbocycles. The molecule has 0 rings (SSSR count). The molecule has 0 fully saturated rings.